The molecule has 2 aromatic heterocycles. The summed E-state index contributed by atoms with van der Waals surface area (Å²) >= 11 is 12.4. The number of amides is 1. The fourth-order valence-electron chi connectivity index (χ4n) is 4.41. The second-order valence-electron chi connectivity index (χ2n) is 8.82. The lowest BCUT2D eigenvalue weighted by atomic mass is 10.1. The fraction of sp³-hybridized carbons (Fsp3) is 0.138. The molecule has 186 valence electrons. The molecular weight excluding hydrogens is 505 g/mol. The number of halogens is 2. The van der Waals surface area contributed by atoms with Gasteiger partial charge in [0, 0.05) is 15.6 Å². The zero-order valence-corrected chi connectivity index (χ0v) is 22.2. The first kappa shape index (κ1) is 24.8. The van der Waals surface area contributed by atoms with Crippen molar-refractivity contribution in [3.63, 3.8) is 0 Å². The highest BCUT2D eigenvalue weighted by atomic mass is 35.5. The smallest absolute Gasteiger partial charge is 0.259 e. The molecule has 3 aromatic carbocycles. The first-order valence-corrected chi connectivity index (χ1v) is 12.6. The molecule has 0 radical (unpaired) electrons. The van der Waals surface area contributed by atoms with E-state index in [0.717, 1.165) is 28.2 Å². The third-order valence-corrected chi connectivity index (χ3v) is 6.93. The van der Waals surface area contributed by atoms with Gasteiger partial charge >= 0.3 is 0 Å². The molecule has 1 amide bonds. The summed E-state index contributed by atoms with van der Waals surface area (Å²) in [5.74, 6) is -0.242. The maximum Gasteiger partial charge on any atom is 0.259 e. The average Bonchev–Trinajstić information content (AvgIpc) is 3.38. The zero-order valence-electron chi connectivity index (χ0n) is 20.7. The molecular formula is C29H25Cl2N5O. The average molecular weight is 530 g/mol. The number of anilines is 1. The maximum atomic E-state index is 13.8. The minimum Gasteiger partial charge on any atom is -0.319 e. The van der Waals surface area contributed by atoms with Crippen molar-refractivity contribution < 1.29 is 4.79 Å². The monoisotopic (exact) mass is 529 g/mol. The zero-order chi connectivity index (χ0) is 26.1. The summed E-state index contributed by atoms with van der Waals surface area (Å²) in [5, 5.41) is 13.8. The topological polar surface area (TPSA) is 64.7 Å². The maximum absolute atomic E-state index is 13.8. The van der Waals surface area contributed by atoms with Crippen LogP contribution in [-0.2, 0) is 6.54 Å². The van der Waals surface area contributed by atoms with Gasteiger partial charge in [-0.3, -0.25) is 9.48 Å². The standard InChI is InChI=1S/C29H25Cl2N5O/c1-18-27(20(3)35(33-18)17-22-14-15-23(30)16-25(22)31)32-29(37)26-19(2)36(24-12-8-5-9-13-24)34-28(26)21-10-6-4-7-11-21/h4-16H,17H2,1-3H3,(H,32,37). The largest absolute Gasteiger partial charge is 0.319 e. The van der Waals surface area contributed by atoms with Gasteiger partial charge in [-0.05, 0) is 50.6 Å². The molecule has 0 bridgehead atoms. The minimum atomic E-state index is -0.242. The third-order valence-electron chi connectivity index (χ3n) is 6.35. The van der Waals surface area contributed by atoms with E-state index >= 15 is 0 Å². The molecule has 5 aromatic rings. The van der Waals surface area contributed by atoms with Crippen molar-refractivity contribution in [3.05, 3.63) is 117 Å². The Bertz CT molecular complexity index is 1590. The molecule has 8 heteroatoms. The van der Waals surface area contributed by atoms with E-state index in [1.165, 1.54) is 0 Å². The highest BCUT2D eigenvalue weighted by Crippen LogP contribution is 2.30. The van der Waals surface area contributed by atoms with Crippen molar-refractivity contribution in [2.45, 2.75) is 27.3 Å². The van der Waals surface area contributed by atoms with E-state index in [4.69, 9.17) is 28.3 Å². The van der Waals surface area contributed by atoms with Crippen LogP contribution in [0.2, 0.25) is 10.0 Å². The van der Waals surface area contributed by atoms with E-state index in [-0.39, 0.29) is 5.91 Å². The molecule has 1 N–H and O–H groups in total. The summed E-state index contributed by atoms with van der Waals surface area (Å²) in [7, 11) is 0. The Morgan fingerprint density at radius 1 is 0.865 bits per heavy atom. The first-order valence-electron chi connectivity index (χ1n) is 11.8. The predicted molar refractivity (Wildman–Crippen MR) is 149 cm³/mol. The van der Waals surface area contributed by atoms with E-state index in [1.54, 1.807) is 12.1 Å². The van der Waals surface area contributed by atoms with Crippen molar-refractivity contribution in [1.29, 1.82) is 0 Å². The fourth-order valence-corrected chi connectivity index (χ4v) is 4.88. The Morgan fingerprint density at radius 3 is 2.22 bits per heavy atom. The Hall–Kier alpha value is -3.87. The van der Waals surface area contributed by atoms with E-state index in [1.807, 2.05) is 96.9 Å². The molecule has 2 heterocycles. The summed E-state index contributed by atoms with van der Waals surface area (Å²) in [4.78, 5) is 13.8. The second-order valence-corrected chi connectivity index (χ2v) is 9.66. The van der Waals surface area contributed by atoms with Crippen molar-refractivity contribution >= 4 is 34.8 Å². The van der Waals surface area contributed by atoms with Gasteiger partial charge in [0.05, 0.1) is 40.6 Å². The molecule has 0 aliphatic carbocycles. The lowest BCUT2D eigenvalue weighted by Crippen LogP contribution is -2.15. The quantitative estimate of drug-likeness (QED) is 0.251. The van der Waals surface area contributed by atoms with Gasteiger partial charge in [0.1, 0.15) is 5.69 Å². The van der Waals surface area contributed by atoms with Gasteiger partial charge in [0.25, 0.3) is 5.91 Å². The summed E-state index contributed by atoms with van der Waals surface area (Å²) in [5.41, 5.74) is 6.73. The lowest BCUT2D eigenvalue weighted by Gasteiger charge is -2.10. The summed E-state index contributed by atoms with van der Waals surface area (Å²) in [6.45, 7) is 6.17. The first-order chi connectivity index (χ1) is 17.8. The minimum absolute atomic E-state index is 0.242. The van der Waals surface area contributed by atoms with E-state index < -0.39 is 0 Å². The predicted octanol–water partition coefficient (Wildman–Crippen LogP) is 7.27. The number of aromatic nitrogens is 4. The number of hydrogen-bond donors (Lipinski definition) is 1. The van der Waals surface area contributed by atoms with Crippen LogP contribution in [0.4, 0.5) is 5.69 Å². The number of hydrogen-bond acceptors (Lipinski definition) is 3. The Morgan fingerprint density at radius 2 is 1.54 bits per heavy atom. The number of aryl methyl sites for hydroxylation is 1. The van der Waals surface area contributed by atoms with Crippen molar-refractivity contribution in [1.82, 2.24) is 19.6 Å². The normalized spacial score (nSPS) is 11.1. The van der Waals surface area contributed by atoms with Crippen molar-refractivity contribution in [2.75, 3.05) is 5.32 Å². The van der Waals surface area contributed by atoms with E-state index in [2.05, 4.69) is 10.4 Å². The van der Waals surface area contributed by atoms with Crippen LogP contribution in [0, 0.1) is 20.8 Å². The summed E-state index contributed by atoms with van der Waals surface area (Å²) in [6, 6.07) is 24.9. The number of carbonyl (C=O) groups is 1. The number of nitrogens with one attached hydrogen (secondary N) is 1. The van der Waals surface area contributed by atoms with Crippen LogP contribution in [0.25, 0.3) is 16.9 Å². The number of para-hydroxylation sites is 1. The van der Waals surface area contributed by atoms with Crippen LogP contribution in [0.5, 0.6) is 0 Å². The highest BCUT2D eigenvalue weighted by molar-refractivity contribution is 6.35. The van der Waals surface area contributed by atoms with Gasteiger partial charge in [-0.25, -0.2) is 4.68 Å². The Balaban J connectivity index is 1.52. The molecule has 6 nitrogen and oxygen atoms in total. The highest BCUT2D eigenvalue weighted by Gasteiger charge is 2.25. The molecule has 0 fully saturated rings. The molecule has 37 heavy (non-hydrogen) atoms. The van der Waals surface area contributed by atoms with Crippen LogP contribution in [0.15, 0.2) is 78.9 Å². The SMILES string of the molecule is Cc1nn(Cc2ccc(Cl)cc2Cl)c(C)c1NC(=O)c1c(-c2ccccc2)nn(-c2ccccc2)c1C. The summed E-state index contributed by atoms with van der Waals surface area (Å²) < 4.78 is 3.64. The van der Waals surface area contributed by atoms with Crippen molar-refractivity contribution in [3.8, 4) is 16.9 Å². The Labute approximate surface area is 225 Å². The second kappa shape index (κ2) is 10.2. The summed E-state index contributed by atoms with van der Waals surface area (Å²) in [6.07, 6.45) is 0. The van der Waals surface area contributed by atoms with Crippen LogP contribution < -0.4 is 5.32 Å². The molecule has 0 spiro atoms. The van der Waals surface area contributed by atoms with Crippen LogP contribution >= 0.6 is 23.2 Å². The molecule has 0 saturated heterocycles. The van der Waals surface area contributed by atoms with E-state index in [0.29, 0.717) is 39.2 Å². The van der Waals surface area contributed by atoms with Gasteiger partial charge in [-0.2, -0.15) is 10.2 Å². The molecule has 0 saturated carbocycles. The van der Waals surface area contributed by atoms with Gasteiger partial charge in [0.2, 0.25) is 0 Å². The lowest BCUT2D eigenvalue weighted by molar-refractivity contribution is 0.102. The molecule has 0 aliphatic heterocycles. The molecule has 0 atom stereocenters. The third kappa shape index (κ3) is 4.90. The van der Waals surface area contributed by atoms with Gasteiger partial charge < -0.3 is 5.32 Å². The van der Waals surface area contributed by atoms with E-state index in [9.17, 15) is 4.79 Å². The Kier molecular flexibility index (Phi) is 6.87. The van der Waals surface area contributed by atoms with Gasteiger partial charge in [-0.1, -0.05) is 77.8 Å². The molecule has 0 unspecified atom stereocenters. The number of nitrogens with zero attached hydrogens (tertiary/aromatic N) is 4. The number of benzene rings is 3. The van der Waals surface area contributed by atoms with Gasteiger partial charge in [0.15, 0.2) is 0 Å². The van der Waals surface area contributed by atoms with Crippen molar-refractivity contribution in [2.24, 2.45) is 0 Å². The van der Waals surface area contributed by atoms with Crippen LogP contribution in [-0.4, -0.2) is 25.5 Å². The van der Waals surface area contributed by atoms with Crippen LogP contribution in [0.1, 0.15) is 33.0 Å². The number of carbonyl (C=O) groups excluding carboxylic acids is 1. The molecule has 0 aliphatic rings. The molecule has 5 rings (SSSR count). The van der Waals surface area contributed by atoms with Gasteiger partial charge in [-0.15, -0.1) is 0 Å². The number of rotatable bonds is 6. The van der Waals surface area contributed by atoms with Crippen LogP contribution in [0.3, 0.4) is 0 Å².